The van der Waals surface area contributed by atoms with E-state index in [9.17, 15) is 9.59 Å². The Morgan fingerprint density at radius 2 is 2.06 bits per heavy atom. The Kier molecular flexibility index (Phi) is 4.25. The van der Waals surface area contributed by atoms with Crippen LogP contribution >= 0.6 is 0 Å². The van der Waals surface area contributed by atoms with Crippen LogP contribution in [0.4, 0.5) is 4.79 Å². The number of rotatable bonds is 3. The molecule has 1 aromatic heterocycles. The number of aromatic nitrogens is 1. The number of nitrogens with one attached hydrogen (secondary N) is 1. The van der Waals surface area contributed by atoms with Gasteiger partial charge in [0.05, 0.1) is 5.56 Å². The van der Waals surface area contributed by atoms with Gasteiger partial charge in [-0.05, 0) is 32.4 Å². The van der Waals surface area contributed by atoms with Gasteiger partial charge in [0.1, 0.15) is 5.60 Å². The fourth-order valence-corrected chi connectivity index (χ4v) is 1.21. The van der Waals surface area contributed by atoms with Crippen molar-refractivity contribution < 1.29 is 14.3 Å². The first-order valence-electron chi connectivity index (χ1n) is 5.48. The molecule has 98 valence electrons. The van der Waals surface area contributed by atoms with Crippen molar-refractivity contribution in [1.82, 2.24) is 10.3 Å². The van der Waals surface area contributed by atoms with Crippen LogP contribution in [0.5, 0.6) is 0 Å². The molecule has 0 saturated heterocycles. The Hall–Kier alpha value is -2.11. The van der Waals surface area contributed by atoms with Gasteiger partial charge in [0, 0.05) is 18.9 Å². The van der Waals surface area contributed by atoms with Crippen LogP contribution in [0.3, 0.4) is 0 Å². The fraction of sp³-hybridized carbons (Fsp3) is 0.417. The zero-order valence-electron chi connectivity index (χ0n) is 10.7. The second kappa shape index (κ2) is 5.48. The van der Waals surface area contributed by atoms with E-state index in [1.54, 1.807) is 33.0 Å². The van der Waals surface area contributed by atoms with Crippen LogP contribution in [0, 0.1) is 0 Å². The molecule has 0 aliphatic heterocycles. The highest BCUT2D eigenvalue weighted by atomic mass is 16.6. The van der Waals surface area contributed by atoms with Gasteiger partial charge in [-0.1, -0.05) is 0 Å². The quantitative estimate of drug-likeness (QED) is 0.844. The van der Waals surface area contributed by atoms with Crippen molar-refractivity contribution in [2.45, 2.75) is 32.9 Å². The molecule has 2 amide bonds. The molecule has 3 N–H and O–H groups in total. The normalized spacial score (nSPS) is 10.8. The zero-order valence-corrected chi connectivity index (χ0v) is 10.7. The van der Waals surface area contributed by atoms with Crippen molar-refractivity contribution in [2.75, 3.05) is 0 Å². The minimum Gasteiger partial charge on any atom is -0.444 e. The van der Waals surface area contributed by atoms with Crippen molar-refractivity contribution in [3.63, 3.8) is 0 Å². The van der Waals surface area contributed by atoms with Crippen molar-refractivity contribution in [3.05, 3.63) is 29.6 Å². The van der Waals surface area contributed by atoms with Crippen LogP contribution in [0.1, 0.15) is 36.7 Å². The summed E-state index contributed by atoms with van der Waals surface area (Å²) in [6, 6.07) is 1.58. The lowest BCUT2D eigenvalue weighted by atomic mass is 10.2. The van der Waals surface area contributed by atoms with Crippen molar-refractivity contribution in [1.29, 1.82) is 0 Å². The van der Waals surface area contributed by atoms with E-state index in [4.69, 9.17) is 10.5 Å². The maximum absolute atomic E-state index is 11.4. The number of amides is 2. The molecule has 6 nitrogen and oxygen atoms in total. The first-order valence-corrected chi connectivity index (χ1v) is 5.48. The molecule has 0 aliphatic rings. The molecule has 1 aromatic rings. The van der Waals surface area contributed by atoms with E-state index in [-0.39, 0.29) is 6.54 Å². The summed E-state index contributed by atoms with van der Waals surface area (Å²) in [7, 11) is 0. The van der Waals surface area contributed by atoms with Gasteiger partial charge < -0.3 is 15.8 Å². The molecule has 0 spiro atoms. The number of primary amides is 1. The third-order valence-corrected chi connectivity index (χ3v) is 1.92. The summed E-state index contributed by atoms with van der Waals surface area (Å²) in [6.45, 7) is 5.56. The molecule has 0 fully saturated rings. The molecule has 0 saturated carbocycles. The Balaban J connectivity index is 2.56. The average Bonchev–Trinajstić information content (AvgIpc) is 2.24. The molecule has 0 aliphatic carbocycles. The van der Waals surface area contributed by atoms with Crippen LogP contribution < -0.4 is 11.1 Å². The predicted molar refractivity (Wildman–Crippen MR) is 65.8 cm³/mol. The Morgan fingerprint density at radius 3 is 2.61 bits per heavy atom. The number of nitrogens with zero attached hydrogens (tertiary/aromatic N) is 1. The number of carbonyl (C=O) groups excluding carboxylic acids is 2. The van der Waals surface area contributed by atoms with Gasteiger partial charge in [-0.3, -0.25) is 9.78 Å². The molecule has 6 heteroatoms. The minimum absolute atomic E-state index is 0.225. The van der Waals surface area contributed by atoms with E-state index in [1.165, 1.54) is 6.20 Å². The van der Waals surface area contributed by atoms with Gasteiger partial charge in [0.15, 0.2) is 0 Å². The topological polar surface area (TPSA) is 94.3 Å². The highest BCUT2D eigenvalue weighted by Crippen LogP contribution is 2.07. The summed E-state index contributed by atoms with van der Waals surface area (Å²) in [4.78, 5) is 26.2. The Bertz CT molecular complexity index is 452. The number of nitrogens with two attached hydrogens (primary N) is 1. The maximum Gasteiger partial charge on any atom is 0.407 e. The molecule has 1 rings (SSSR count). The molecule has 0 radical (unpaired) electrons. The van der Waals surface area contributed by atoms with E-state index in [0.717, 1.165) is 0 Å². The van der Waals surface area contributed by atoms with Crippen molar-refractivity contribution in [2.24, 2.45) is 5.73 Å². The smallest absolute Gasteiger partial charge is 0.407 e. The third kappa shape index (κ3) is 4.82. The second-order valence-corrected chi connectivity index (χ2v) is 4.80. The number of carbonyl (C=O) groups is 2. The van der Waals surface area contributed by atoms with Crippen LogP contribution in [-0.2, 0) is 11.3 Å². The van der Waals surface area contributed by atoms with Crippen LogP contribution in [0.15, 0.2) is 18.5 Å². The van der Waals surface area contributed by atoms with Gasteiger partial charge >= 0.3 is 6.09 Å². The van der Waals surface area contributed by atoms with E-state index < -0.39 is 17.6 Å². The minimum atomic E-state index is -0.554. The Labute approximate surface area is 106 Å². The first kappa shape index (κ1) is 14.0. The monoisotopic (exact) mass is 251 g/mol. The van der Waals surface area contributed by atoms with E-state index >= 15 is 0 Å². The number of hydrogen-bond donors (Lipinski definition) is 2. The fourth-order valence-electron chi connectivity index (χ4n) is 1.21. The van der Waals surface area contributed by atoms with E-state index in [2.05, 4.69) is 10.3 Å². The van der Waals surface area contributed by atoms with Gasteiger partial charge in [0.25, 0.3) is 0 Å². The summed E-state index contributed by atoms with van der Waals surface area (Å²) in [5.74, 6) is -0.554. The van der Waals surface area contributed by atoms with Crippen molar-refractivity contribution >= 4 is 12.0 Å². The van der Waals surface area contributed by atoms with Gasteiger partial charge in [-0.25, -0.2) is 4.79 Å². The van der Waals surface area contributed by atoms with Crippen LogP contribution in [0.2, 0.25) is 0 Å². The SMILES string of the molecule is CC(C)(C)OC(=O)NCc1cncc(C(N)=O)c1. The van der Waals surface area contributed by atoms with Crippen LogP contribution in [-0.4, -0.2) is 22.6 Å². The molecule has 0 unspecified atom stereocenters. The summed E-state index contributed by atoms with van der Waals surface area (Å²) >= 11 is 0. The maximum atomic E-state index is 11.4. The number of alkyl carbamates (subject to hydrolysis) is 1. The molecular weight excluding hydrogens is 234 g/mol. The summed E-state index contributed by atoms with van der Waals surface area (Å²) in [6.07, 6.45) is 2.40. The second-order valence-electron chi connectivity index (χ2n) is 4.80. The lowest BCUT2D eigenvalue weighted by Crippen LogP contribution is -2.32. The third-order valence-electron chi connectivity index (χ3n) is 1.92. The highest BCUT2D eigenvalue weighted by molar-refractivity contribution is 5.92. The predicted octanol–water partition coefficient (Wildman–Crippen LogP) is 1.21. The van der Waals surface area contributed by atoms with Gasteiger partial charge in [-0.15, -0.1) is 0 Å². The van der Waals surface area contributed by atoms with Crippen molar-refractivity contribution in [3.8, 4) is 0 Å². The number of hydrogen-bond acceptors (Lipinski definition) is 4. The summed E-state index contributed by atoms with van der Waals surface area (Å²) in [5, 5.41) is 2.57. The van der Waals surface area contributed by atoms with Crippen LogP contribution in [0.25, 0.3) is 0 Å². The zero-order chi connectivity index (χ0) is 13.8. The van der Waals surface area contributed by atoms with E-state index in [1.807, 2.05) is 0 Å². The van der Waals surface area contributed by atoms with E-state index in [0.29, 0.717) is 11.1 Å². The number of ether oxygens (including phenoxy) is 1. The molecule has 1 heterocycles. The number of pyridine rings is 1. The molecule has 0 aromatic carbocycles. The molecule has 18 heavy (non-hydrogen) atoms. The van der Waals surface area contributed by atoms with Gasteiger partial charge in [0.2, 0.25) is 5.91 Å². The molecule has 0 atom stereocenters. The first-order chi connectivity index (χ1) is 8.28. The summed E-state index contributed by atoms with van der Waals surface area (Å²) < 4.78 is 5.08. The lowest BCUT2D eigenvalue weighted by Gasteiger charge is -2.19. The average molecular weight is 251 g/mol. The standard InChI is InChI=1S/C12H17N3O3/c1-12(2,3)18-11(17)15-6-8-4-9(10(13)16)7-14-5-8/h4-5,7H,6H2,1-3H3,(H2,13,16)(H,15,17). The van der Waals surface area contributed by atoms with Gasteiger partial charge in [-0.2, -0.15) is 0 Å². The Morgan fingerprint density at radius 1 is 1.39 bits per heavy atom. The largest absolute Gasteiger partial charge is 0.444 e. The summed E-state index contributed by atoms with van der Waals surface area (Å²) in [5.41, 5.74) is 5.57. The molecular formula is C12H17N3O3. The molecule has 0 bridgehead atoms. The highest BCUT2D eigenvalue weighted by Gasteiger charge is 2.15. The lowest BCUT2D eigenvalue weighted by molar-refractivity contribution is 0.0523.